The molecule has 156 valence electrons. The third-order valence-corrected chi connectivity index (χ3v) is 7.01. The molecule has 0 saturated carbocycles. The lowest BCUT2D eigenvalue weighted by molar-refractivity contribution is -0.384. The van der Waals surface area contributed by atoms with Gasteiger partial charge in [-0.3, -0.25) is 19.9 Å². The van der Waals surface area contributed by atoms with Gasteiger partial charge in [-0.15, -0.1) is 22.7 Å². The number of amides is 1. The Kier molecular flexibility index (Phi) is 6.35. The fraction of sp³-hybridized carbons (Fsp3) is 0.100. The summed E-state index contributed by atoms with van der Waals surface area (Å²) in [5, 5.41) is 15.7. The highest BCUT2D eigenvalue weighted by molar-refractivity contribution is 8.02. The van der Waals surface area contributed by atoms with Gasteiger partial charge in [0.2, 0.25) is 5.91 Å². The van der Waals surface area contributed by atoms with Crippen LogP contribution in [0.5, 0.6) is 0 Å². The molecule has 11 heteroatoms. The summed E-state index contributed by atoms with van der Waals surface area (Å²) in [4.78, 5) is 35.9. The number of rotatable bonds is 7. The summed E-state index contributed by atoms with van der Waals surface area (Å²) in [7, 11) is 0. The van der Waals surface area contributed by atoms with E-state index >= 15 is 0 Å². The first-order chi connectivity index (χ1) is 15.0. The molecule has 0 spiro atoms. The van der Waals surface area contributed by atoms with Gasteiger partial charge in [-0.25, -0.2) is 9.97 Å². The summed E-state index contributed by atoms with van der Waals surface area (Å²) in [5.41, 5.74) is 2.22. The van der Waals surface area contributed by atoms with Crippen molar-refractivity contribution in [3.63, 3.8) is 0 Å². The van der Waals surface area contributed by atoms with Crippen molar-refractivity contribution in [3.05, 3.63) is 69.7 Å². The molecule has 1 N–H and O–H groups in total. The Bertz CT molecular complexity index is 1270. The van der Waals surface area contributed by atoms with Gasteiger partial charge >= 0.3 is 0 Å². The lowest BCUT2D eigenvalue weighted by atomic mass is 10.2. The lowest BCUT2D eigenvalue weighted by Crippen LogP contribution is -2.22. The fourth-order valence-electron chi connectivity index (χ4n) is 2.59. The molecular weight excluding hydrogens is 454 g/mol. The molecule has 31 heavy (non-hydrogen) atoms. The first kappa shape index (κ1) is 21.1. The average Bonchev–Trinajstić information content (AvgIpc) is 3.41. The van der Waals surface area contributed by atoms with Crippen LogP contribution in [0.15, 0.2) is 63.4 Å². The van der Waals surface area contributed by atoms with Crippen molar-refractivity contribution in [2.45, 2.75) is 16.5 Å². The molecule has 4 aromatic rings. The van der Waals surface area contributed by atoms with Crippen LogP contribution in [0.25, 0.3) is 10.2 Å². The number of carbonyl (C=O) groups is 1. The van der Waals surface area contributed by atoms with Crippen molar-refractivity contribution >= 4 is 73.3 Å². The quantitative estimate of drug-likeness (QED) is 0.165. The minimum atomic E-state index is -0.432. The highest BCUT2D eigenvalue weighted by Crippen LogP contribution is 2.34. The van der Waals surface area contributed by atoms with Crippen LogP contribution in [-0.4, -0.2) is 32.3 Å². The number of benzene rings is 2. The van der Waals surface area contributed by atoms with Crippen LogP contribution in [0, 0.1) is 10.1 Å². The summed E-state index contributed by atoms with van der Waals surface area (Å²) in [5.74, 6) is -0.124. The van der Waals surface area contributed by atoms with Gasteiger partial charge in [0.15, 0.2) is 9.47 Å². The van der Waals surface area contributed by atoms with Gasteiger partial charge in [-0.2, -0.15) is 0 Å². The number of nitro benzene ring substituents is 1. The van der Waals surface area contributed by atoms with Crippen molar-refractivity contribution < 1.29 is 9.72 Å². The Hall–Kier alpha value is -3.15. The zero-order valence-electron chi connectivity index (χ0n) is 16.1. The van der Waals surface area contributed by atoms with Gasteiger partial charge in [0.05, 0.1) is 26.1 Å². The van der Waals surface area contributed by atoms with E-state index in [1.807, 2.05) is 25.1 Å². The number of nitrogens with one attached hydrogen (secondary N) is 1. The lowest BCUT2D eigenvalue weighted by Gasteiger charge is -2.07. The van der Waals surface area contributed by atoms with Crippen molar-refractivity contribution in [3.8, 4) is 0 Å². The second-order valence-electron chi connectivity index (χ2n) is 6.33. The third-order valence-electron chi connectivity index (χ3n) is 4.11. The van der Waals surface area contributed by atoms with E-state index in [9.17, 15) is 14.9 Å². The average molecular weight is 470 g/mol. The van der Waals surface area contributed by atoms with E-state index < -0.39 is 4.92 Å². The second-order valence-corrected chi connectivity index (χ2v) is 9.84. The van der Waals surface area contributed by atoms with E-state index in [4.69, 9.17) is 0 Å². The molecule has 1 atom stereocenters. The topological polar surface area (TPSA) is 110 Å². The number of hydrogen-bond acceptors (Lipinski definition) is 9. The number of carbonyl (C=O) groups excluding carboxylic acids is 1. The van der Waals surface area contributed by atoms with Crippen molar-refractivity contribution in [2.75, 3.05) is 5.32 Å². The molecule has 0 saturated heterocycles. The normalized spacial score (nSPS) is 12.3. The van der Waals surface area contributed by atoms with Crippen molar-refractivity contribution in [1.29, 1.82) is 0 Å². The van der Waals surface area contributed by atoms with Crippen LogP contribution in [-0.2, 0) is 4.79 Å². The number of nitrogens with zero attached hydrogens (tertiary/aromatic N) is 4. The highest BCUT2D eigenvalue weighted by Gasteiger charge is 2.18. The Labute approximate surface area is 189 Å². The molecule has 2 aromatic heterocycles. The van der Waals surface area contributed by atoms with E-state index in [-0.39, 0.29) is 16.8 Å². The number of nitro groups is 1. The molecule has 2 aromatic carbocycles. The van der Waals surface area contributed by atoms with Crippen LogP contribution >= 0.6 is 34.4 Å². The smallest absolute Gasteiger partial charge is 0.270 e. The maximum absolute atomic E-state index is 12.3. The third kappa shape index (κ3) is 5.32. The van der Waals surface area contributed by atoms with Crippen LogP contribution < -0.4 is 5.32 Å². The number of aliphatic imine (C=N–C) groups is 1. The van der Waals surface area contributed by atoms with E-state index in [1.165, 1.54) is 46.6 Å². The van der Waals surface area contributed by atoms with Gasteiger partial charge in [-0.05, 0) is 30.7 Å². The summed E-state index contributed by atoms with van der Waals surface area (Å²) in [6, 6.07) is 11.9. The second kappa shape index (κ2) is 9.33. The maximum atomic E-state index is 12.3. The Morgan fingerprint density at radius 3 is 2.97 bits per heavy atom. The predicted octanol–water partition coefficient (Wildman–Crippen LogP) is 5.53. The Morgan fingerprint density at radius 1 is 1.32 bits per heavy atom. The zero-order chi connectivity index (χ0) is 21.8. The minimum absolute atomic E-state index is 0.0246. The van der Waals surface area contributed by atoms with Crippen LogP contribution in [0.4, 0.5) is 16.5 Å². The first-order valence-corrected chi connectivity index (χ1v) is 11.6. The molecule has 0 bridgehead atoms. The predicted molar refractivity (Wildman–Crippen MR) is 126 cm³/mol. The molecule has 0 radical (unpaired) electrons. The van der Waals surface area contributed by atoms with E-state index in [0.29, 0.717) is 16.4 Å². The zero-order valence-corrected chi connectivity index (χ0v) is 18.5. The largest absolute Gasteiger partial charge is 0.301 e. The van der Waals surface area contributed by atoms with Crippen LogP contribution in [0.2, 0.25) is 0 Å². The fourth-order valence-corrected chi connectivity index (χ4v) is 5.36. The first-order valence-electron chi connectivity index (χ1n) is 9.04. The Balaban J connectivity index is 1.46. The summed E-state index contributed by atoms with van der Waals surface area (Å²) < 4.78 is 1.74. The van der Waals surface area contributed by atoms with Crippen LogP contribution in [0.3, 0.4) is 0 Å². The van der Waals surface area contributed by atoms with E-state index in [2.05, 4.69) is 20.3 Å². The molecule has 2 heterocycles. The summed E-state index contributed by atoms with van der Waals surface area (Å²) in [6.45, 7) is 1.83. The summed E-state index contributed by atoms with van der Waals surface area (Å²) >= 11 is 4.25. The number of anilines is 1. The van der Waals surface area contributed by atoms with E-state index in [1.54, 1.807) is 29.9 Å². The molecular formula is C20H15N5O3S3. The molecule has 1 amide bonds. The van der Waals surface area contributed by atoms with Gasteiger partial charge in [0.25, 0.3) is 5.69 Å². The van der Waals surface area contributed by atoms with E-state index in [0.717, 1.165) is 14.6 Å². The van der Waals surface area contributed by atoms with Gasteiger partial charge in [0, 0.05) is 29.9 Å². The van der Waals surface area contributed by atoms with Gasteiger partial charge in [0.1, 0.15) is 0 Å². The van der Waals surface area contributed by atoms with Gasteiger partial charge < -0.3 is 5.32 Å². The van der Waals surface area contributed by atoms with Crippen molar-refractivity contribution in [2.24, 2.45) is 4.99 Å². The van der Waals surface area contributed by atoms with Gasteiger partial charge in [-0.1, -0.05) is 23.9 Å². The molecule has 0 fully saturated rings. The maximum Gasteiger partial charge on any atom is 0.270 e. The molecule has 0 aliphatic heterocycles. The minimum Gasteiger partial charge on any atom is -0.301 e. The number of thioether (sulfide) groups is 1. The highest BCUT2D eigenvalue weighted by atomic mass is 32.2. The monoisotopic (exact) mass is 469 g/mol. The number of hydrogen-bond donors (Lipinski definition) is 1. The molecule has 8 nitrogen and oxygen atoms in total. The van der Waals surface area contributed by atoms with Crippen LogP contribution in [0.1, 0.15) is 12.5 Å². The molecule has 4 rings (SSSR count). The SMILES string of the molecule is CC(Sc1nc2ccc(N=Cc3cccc([N+](=O)[O-])c3)cc2s1)C(=O)Nc1nccs1. The number of non-ortho nitro benzene ring substituents is 1. The number of aromatic nitrogens is 2. The number of fused-ring (bicyclic) bond motifs is 1. The molecule has 1 unspecified atom stereocenters. The molecule has 0 aliphatic carbocycles. The Morgan fingerprint density at radius 2 is 2.19 bits per heavy atom. The summed E-state index contributed by atoms with van der Waals surface area (Å²) in [6.07, 6.45) is 3.24. The molecule has 0 aliphatic rings. The standard InChI is InChI=1S/C20H15N5O3S3/c1-12(18(26)24-19-21-7-8-29-19)30-20-23-16-6-5-14(10-17(16)31-20)22-11-13-3-2-4-15(9-13)25(27)28/h2-12H,1H3,(H,21,24,26). The number of thiazole rings is 2. The van der Waals surface area contributed by atoms with Crippen molar-refractivity contribution in [1.82, 2.24) is 9.97 Å².